The van der Waals surface area contributed by atoms with E-state index in [0.29, 0.717) is 22.5 Å². The molecule has 0 bridgehead atoms. The van der Waals surface area contributed by atoms with Crippen molar-refractivity contribution in [1.29, 1.82) is 0 Å². The van der Waals surface area contributed by atoms with E-state index in [9.17, 15) is 13.2 Å². The quantitative estimate of drug-likeness (QED) is 0.439. The Kier molecular flexibility index (Phi) is 6.26. The summed E-state index contributed by atoms with van der Waals surface area (Å²) in [5.74, 6) is -0.242. The highest BCUT2D eigenvalue weighted by molar-refractivity contribution is 7.89. The third-order valence-corrected chi connectivity index (χ3v) is 8.18. The predicted molar refractivity (Wildman–Crippen MR) is 132 cm³/mol. The molecule has 1 atom stereocenters. The number of nitrogens with one attached hydrogen (secondary N) is 1. The molecule has 1 amide bonds. The van der Waals surface area contributed by atoms with Crippen LogP contribution in [0.2, 0.25) is 5.02 Å². The second-order valence-corrected chi connectivity index (χ2v) is 10.6. The predicted octanol–water partition coefficient (Wildman–Crippen LogP) is 3.60. The number of hydrogen-bond acceptors (Lipinski definition) is 6. The SMILES string of the molecule is CCC1CN(S(=O)(=O)c2cc3cc(Cl)ccc3[nH]2)CCN1C(=O)c1ncc(-c2ccccn2)cn1. The molecule has 1 saturated heterocycles. The first-order valence-corrected chi connectivity index (χ1v) is 13.0. The van der Waals surface area contributed by atoms with Crippen molar-refractivity contribution < 1.29 is 13.2 Å². The normalized spacial score (nSPS) is 17.1. The van der Waals surface area contributed by atoms with E-state index in [1.807, 2.05) is 25.1 Å². The van der Waals surface area contributed by atoms with Crippen LogP contribution in [-0.4, -0.2) is 69.1 Å². The topological polar surface area (TPSA) is 112 Å². The molecule has 4 heterocycles. The standard InChI is InChI=1S/C24H23ClN6O3S/c1-2-19-15-30(35(33,34)22-12-16-11-18(25)6-7-21(16)29-22)9-10-31(19)24(32)23-27-13-17(14-28-23)20-5-3-4-8-26-20/h3-8,11-14,19,29H,2,9-10,15H2,1H3. The number of carbonyl (C=O) groups excluding carboxylic acids is 1. The Morgan fingerprint density at radius 1 is 1.11 bits per heavy atom. The molecule has 1 aliphatic heterocycles. The molecular weight excluding hydrogens is 488 g/mol. The van der Waals surface area contributed by atoms with Gasteiger partial charge < -0.3 is 9.88 Å². The van der Waals surface area contributed by atoms with Crippen LogP contribution in [0.5, 0.6) is 0 Å². The van der Waals surface area contributed by atoms with Crippen molar-refractivity contribution in [3.05, 3.63) is 71.9 Å². The Bertz CT molecular complexity index is 1470. The average Bonchev–Trinajstić information content (AvgIpc) is 3.32. The van der Waals surface area contributed by atoms with Crippen LogP contribution in [0, 0.1) is 0 Å². The maximum atomic E-state index is 13.3. The molecule has 11 heteroatoms. The summed E-state index contributed by atoms with van der Waals surface area (Å²) in [6.45, 7) is 2.53. The highest BCUT2D eigenvalue weighted by Gasteiger charge is 2.37. The van der Waals surface area contributed by atoms with Gasteiger partial charge in [-0.1, -0.05) is 24.6 Å². The fourth-order valence-electron chi connectivity index (χ4n) is 4.25. The third-order valence-electron chi connectivity index (χ3n) is 6.16. The zero-order valence-corrected chi connectivity index (χ0v) is 20.5. The number of fused-ring (bicyclic) bond motifs is 1. The zero-order valence-electron chi connectivity index (χ0n) is 18.9. The number of benzene rings is 1. The maximum absolute atomic E-state index is 13.3. The summed E-state index contributed by atoms with van der Waals surface area (Å²) in [4.78, 5) is 30.6. The average molecular weight is 511 g/mol. The number of nitrogens with zero attached hydrogens (tertiary/aromatic N) is 5. The van der Waals surface area contributed by atoms with E-state index < -0.39 is 10.0 Å². The number of H-pyrrole nitrogens is 1. The number of sulfonamides is 1. The number of hydrogen-bond donors (Lipinski definition) is 1. The lowest BCUT2D eigenvalue weighted by Gasteiger charge is -2.39. The number of aromatic amines is 1. The minimum atomic E-state index is -3.77. The lowest BCUT2D eigenvalue weighted by molar-refractivity contribution is 0.0546. The van der Waals surface area contributed by atoms with Gasteiger partial charge in [0.1, 0.15) is 5.03 Å². The van der Waals surface area contributed by atoms with Gasteiger partial charge in [0.05, 0.1) is 5.69 Å². The minimum Gasteiger partial charge on any atom is -0.345 e. The van der Waals surface area contributed by atoms with Crippen LogP contribution in [0.3, 0.4) is 0 Å². The number of pyridine rings is 1. The molecule has 0 radical (unpaired) electrons. The summed E-state index contributed by atoms with van der Waals surface area (Å²) in [7, 11) is -3.77. The molecule has 5 rings (SSSR count). The van der Waals surface area contributed by atoms with E-state index in [1.165, 1.54) is 4.31 Å². The van der Waals surface area contributed by atoms with Gasteiger partial charge in [-0.2, -0.15) is 4.31 Å². The first-order chi connectivity index (χ1) is 16.9. The molecule has 180 valence electrons. The van der Waals surface area contributed by atoms with Crippen molar-refractivity contribution in [1.82, 2.24) is 29.1 Å². The summed E-state index contributed by atoms with van der Waals surface area (Å²) in [6.07, 6.45) is 5.42. The third kappa shape index (κ3) is 4.52. The molecule has 0 spiro atoms. The van der Waals surface area contributed by atoms with Crippen molar-refractivity contribution >= 4 is 38.4 Å². The summed E-state index contributed by atoms with van der Waals surface area (Å²) in [5, 5.41) is 1.37. The van der Waals surface area contributed by atoms with Crippen LogP contribution >= 0.6 is 11.6 Å². The summed E-state index contributed by atoms with van der Waals surface area (Å²) < 4.78 is 28.1. The number of rotatable bonds is 5. The molecule has 1 N–H and O–H groups in total. The number of halogens is 1. The van der Waals surface area contributed by atoms with E-state index in [4.69, 9.17) is 11.6 Å². The first kappa shape index (κ1) is 23.4. The fourth-order valence-corrected chi connectivity index (χ4v) is 5.91. The van der Waals surface area contributed by atoms with Gasteiger partial charge in [-0.15, -0.1) is 0 Å². The van der Waals surface area contributed by atoms with Crippen molar-refractivity contribution in [3.8, 4) is 11.3 Å². The highest BCUT2D eigenvalue weighted by atomic mass is 35.5. The van der Waals surface area contributed by atoms with Crippen LogP contribution in [-0.2, 0) is 10.0 Å². The molecule has 9 nitrogen and oxygen atoms in total. The number of carbonyl (C=O) groups is 1. The van der Waals surface area contributed by atoms with Crippen molar-refractivity contribution in [3.63, 3.8) is 0 Å². The van der Waals surface area contributed by atoms with Crippen LogP contribution in [0.15, 0.2) is 66.1 Å². The molecule has 1 fully saturated rings. The Morgan fingerprint density at radius 2 is 1.91 bits per heavy atom. The highest BCUT2D eigenvalue weighted by Crippen LogP contribution is 2.26. The van der Waals surface area contributed by atoms with Gasteiger partial charge in [-0.05, 0) is 42.8 Å². The Morgan fingerprint density at radius 3 is 2.63 bits per heavy atom. The maximum Gasteiger partial charge on any atom is 0.291 e. The lowest BCUT2D eigenvalue weighted by Crippen LogP contribution is -2.56. The van der Waals surface area contributed by atoms with Gasteiger partial charge in [-0.25, -0.2) is 18.4 Å². The second-order valence-electron chi connectivity index (χ2n) is 8.30. The van der Waals surface area contributed by atoms with Gasteiger partial charge in [0.25, 0.3) is 15.9 Å². The van der Waals surface area contributed by atoms with Crippen LogP contribution in [0.25, 0.3) is 22.2 Å². The Labute approximate surface area is 207 Å². The number of aromatic nitrogens is 4. The molecule has 1 aliphatic rings. The van der Waals surface area contributed by atoms with Crippen LogP contribution in [0.4, 0.5) is 0 Å². The molecule has 0 aliphatic carbocycles. The van der Waals surface area contributed by atoms with E-state index in [0.717, 1.165) is 11.1 Å². The van der Waals surface area contributed by atoms with E-state index >= 15 is 0 Å². The first-order valence-electron chi connectivity index (χ1n) is 11.2. The van der Waals surface area contributed by atoms with Crippen molar-refractivity contribution in [2.75, 3.05) is 19.6 Å². The summed E-state index contributed by atoms with van der Waals surface area (Å²) >= 11 is 6.04. The molecule has 4 aromatic rings. The molecular formula is C24H23ClN6O3S. The second kappa shape index (κ2) is 9.37. The smallest absolute Gasteiger partial charge is 0.291 e. The molecule has 1 aromatic carbocycles. The van der Waals surface area contributed by atoms with Crippen molar-refractivity contribution in [2.45, 2.75) is 24.4 Å². The zero-order chi connectivity index (χ0) is 24.6. The summed E-state index contributed by atoms with van der Waals surface area (Å²) in [6, 6.07) is 12.0. The molecule has 35 heavy (non-hydrogen) atoms. The van der Waals surface area contributed by atoms with Crippen LogP contribution in [0.1, 0.15) is 24.0 Å². The largest absolute Gasteiger partial charge is 0.345 e. The summed E-state index contributed by atoms with van der Waals surface area (Å²) in [5.41, 5.74) is 2.13. The number of amides is 1. The van der Waals surface area contributed by atoms with E-state index in [2.05, 4.69) is 19.9 Å². The van der Waals surface area contributed by atoms with E-state index in [1.54, 1.807) is 47.8 Å². The van der Waals surface area contributed by atoms with Gasteiger partial charge in [0, 0.05) is 65.8 Å². The Hall–Kier alpha value is -3.34. The van der Waals surface area contributed by atoms with Gasteiger partial charge in [0.2, 0.25) is 5.82 Å². The molecule has 0 saturated carbocycles. The van der Waals surface area contributed by atoms with Crippen LogP contribution < -0.4 is 0 Å². The fraction of sp³-hybridized carbons (Fsp3) is 0.250. The van der Waals surface area contributed by atoms with E-state index in [-0.39, 0.29) is 42.4 Å². The minimum absolute atomic E-state index is 0.0759. The van der Waals surface area contributed by atoms with Gasteiger partial charge in [-0.3, -0.25) is 9.78 Å². The monoisotopic (exact) mass is 510 g/mol. The molecule has 1 unspecified atom stereocenters. The Balaban J connectivity index is 1.33. The lowest BCUT2D eigenvalue weighted by atomic mass is 10.1. The van der Waals surface area contributed by atoms with Gasteiger partial charge in [0.15, 0.2) is 0 Å². The van der Waals surface area contributed by atoms with Gasteiger partial charge >= 0.3 is 0 Å². The van der Waals surface area contributed by atoms with Crippen molar-refractivity contribution in [2.24, 2.45) is 0 Å². The number of piperazine rings is 1. The molecule has 3 aromatic heterocycles.